The fraction of sp³-hybridized carbons (Fsp3) is 0.0625. The van der Waals surface area contributed by atoms with Gasteiger partial charge in [0.25, 0.3) is 0 Å². The van der Waals surface area contributed by atoms with Gasteiger partial charge in [0, 0.05) is 12.4 Å². The van der Waals surface area contributed by atoms with Gasteiger partial charge in [0.1, 0.15) is 5.75 Å². The molecule has 0 saturated heterocycles. The molecule has 3 rings (SSSR count). The predicted octanol–water partition coefficient (Wildman–Crippen LogP) is 2.46. The van der Waals surface area contributed by atoms with Crippen LogP contribution in [0.25, 0.3) is 6.08 Å². The van der Waals surface area contributed by atoms with Crippen LogP contribution in [0, 0.1) is 0 Å². The van der Waals surface area contributed by atoms with Crippen LogP contribution >= 0.6 is 0 Å². The molecule has 1 aromatic heterocycles. The van der Waals surface area contributed by atoms with E-state index in [0.717, 1.165) is 5.56 Å². The molecule has 0 atom stereocenters. The minimum atomic E-state index is -0.481. The number of hydrogen-bond acceptors (Lipinski definition) is 5. The minimum Gasteiger partial charge on any atom is -0.484 e. The van der Waals surface area contributed by atoms with Crippen molar-refractivity contribution in [2.24, 2.45) is 4.99 Å². The summed E-state index contributed by atoms with van der Waals surface area (Å²) in [6.07, 6.45) is 4.94. The molecule has 5 heteroatoms. The van der Waals surface area contributed by atoms with E-state index in [1.54, 1.807) is 24.5 Å². The molecule has 5 nitrogen and oxygen atoms in total. The minimum absolute atomic E-state index is 0.111. The third kappa shape index (κ3) is 3.33. The molecule has 0 aliphatic carbocycles. The second-order valence-corrected chi connectivity index (χ2v) is 4.31. The molecule has 2 heterocycles. The Morgan fingerprint density at radius 1 is 1.14 bits per heavy atom. The number of cyclic esters (lactones) is 1. The SMILES string of the molecule is O=C1OC(COc2ccccc2)=N/C1=C/c1cccnc1. The summed E-state index contributed by atoms with van der Waals surface area (Å²) >= 11 is 0. The highest BCUT2D eigenvalue weighted by atomic mass is 16.6. The summed E-state index contributed by atoms with van der Waals surface area (Å²) in [4.78, 5) is 19.8. The smallest absolute Gasteiger partial charge is 0.363 e. The van der Waals surface area contributed by atoms with E-state index in [1.807, 2.05) is 36.4 Å². The molecule has 0 spiro atoms. The molecule has 104 valence electrons. The maximum Gasteiger partial charge on any atom is 0.363 e. The number of carbonyl (C=O) groups excluding carboxylic acids is 1. The first kappa shape index (κ1) is 13.1. The van der Waals surface area contributed by atoms with E-state index >= 15 is 0 Å². The van der Waals surface area contributed by atoms with Crippen LogP contribution in [0.3, 0.4) is 0 Å². The molecule has 1 aliphatic heterocycles. The first-order valence-corrected chi connectivity index (χ1v) is 6.40. The van der Waals surface area contributed by atoms with E-state index in [0.29, 0.717) is 5.75 Å². The van der Waals surface area contributed by atoms with Gasteiger partial charge in [-0.05, 0) is 29.8 Å². The molecule has 21 heavy (non-hydrogen) atoms. The Hall–Kier alpha value is -2.95. The van der Waals surface area contributed by atoms with Crippen molar-refractivity contribution in [2.45, 2.75) is 0 Å². The molecule has 0 bridgehead atoms. The summed E-state index contributed by atoms with van der Waals surface area (Å²) in [5.74, 6) is 0.463. The summed E-state index contributed by atoms with van der Waals surface area (Å²) in [5.41, 5.74) is 1.04. The fourth-order valence-corrected chi connectivity index (χ4v) is 1.80. The Kier molecular flexibility index (Phi) is 3.73. The van der Waals surface area contributed by atoms with Gasteiger partial charge in [0.05, 0.1) is 0 Å². The molecule has 0 saturated carbocycles. The van der Waals surface area contributed by atoms with Crippen LogP contribution in [0.1, 0.15) is 5.56 Å². The first-order valence-electron chi connectivity index (χ1n) is 6.40. The van der Waals surface area contributed by atoms with Crippen LogP contribution in [-0.2, 0) is 9.53 Å². The summed E-state index contributed by atoms with van der Waals surface area (Å²) in [6, 6.07) is 12.9. The lowest BCUT2D eigenvalue weighted by Crippen LogP contribution is -2.13. The van der Waals surface area contributed by atoms with Crippen LogP contribution in [0.2, 0.25) is 0 Å². The zero-order valence-electron chi connectivity index (χ0n) is 11.1. The van der Waals surface area contributed by atoms with Crippen molar-refractivity contribution in [1.29, 1.82) is 0 Å². The topological polar surface area (TPSA) is 60.8 Å². The van der Waals surface area contributed by atoms with E-state index in [2.05, 4.69) is 9.98 Å². The highest BCUT2D eigenvalue weighted by Crippen LogP contribution is 2.16. The summed E-state index contributed by atoms with van der Waals surface area (Å²) in [6.45, 7) is 0.111. The number of aromatic nitrogens is 1. The maximum atomic E-state index is 11.7. The highest BCUT2D eigenvalue weighted by Gasteiger charge is 2.23. The van der Waals surface area contributed by atoms with Gasteiger partial charge in [-0.15, -0.1) is 0 Å². The maximum absolute atomic E-state index is 11.7. The van der Waals surface area contributed by atoms with Crippen molar-refractivity contribution in [2.75, 3.05) is 6.61 Å². The zero-order valence-corrected chi connectivity index (χ0v) is 11.1. The number of aliphatic imine (C=N–C) groups is 1. The molecule has 0 fully saturated rings. The summed E-state index contributed by atoms with van der Waals surface area (Å²) in [7, 11) is 0. The number of pyridine rings is 1. The number of carbonyl (C=O) groups is 1. The van der Waals surface area contributed by atoms with E-state index < -0.39 is 5.97 Å². The number of nitrogens with zero attached hydrogens (tertiary/aromatic N) is 2. The molecule has 0 amide bonds. The van der Waals surface area contributed by atoms with Crippen LogP contribution in [0.4, 0.5) is 0 Å². The average molecular weight is 280 g/mol. The number of para-hydroxylation sites is 1. The Labute approximate surface area is 121 Å². The largest absolute Gasteiger partial charge is 0.484 e. The Morgan fingerprint density at radius 3 is 2.76 bits per heavy atom. The lowest BCUT2D eigenvalue weighted by Gasteiger charge is -2.03. The monoisotopic (exact) mass is 280 g/mol. The zero-order chi connectivity index (χ0) is 14.5. The van der Waals surface area contributed by atoms with Crippen LogP contribution in [0.5, 0.6) is 5.75 Å². The second kappa shape index (κ2) is 6.00. The van der Waals surface area contributed by atoms with Gasteiger partial charge in [-0.3, -0.25) is 4.98 Å². The predicted molar refractivity (Wildman–Crippen MR) is 77.7 cm³/mol. The van der Waals surface area contributed by atoms with Crippen LogP contribution in [0.15, 0.2) is 65.5 Å². The molecule has 0 N–H and O–H groups in total. The second-order valence-electron chi connectivity index (χ2n) is 4.31. The normalized spacial score (nSPS) is 15.7. The number of esters is 1. The lowest BCUT2D eigenvalue weighted by molar-refractivity contribution is -0.130. The summed E-state index contributed by atoms with van der Waals surface area (Å²) < 4.78 is 10.6. The van der Waals surface area contributed by atoms with Gasteiger partial charge in [0.15, 0.2) is 12.3 Å². The van der Waals surface area contributed by atoms with Crippen LogP contribution < -0.4 is 4.74 Å². The van der Waals surface area contributed by atoms with Crippen molar-refractivity contribution in [1.82, 2.24) is 4.98 Å². The Balaban J connectivity index is 1.69. The van der Waals surface area contributed by atoms with Gasteiger partial charge in [-0.2, -0.15) is 0 Å². The fourth-order valence-electron chi connectivity index (χ4n) is 1.80. The first-order chi connectivity index (χ1) is 10.3. The van der Waals surface area contributed by atoms with Gasteiger partial charge in [0.2, 0.25) is 5.90 Å². The van der Waals surface area contributed by atoms with Crippen molar-refractivity contribution >= 4 is 17.9 Å². The number of hydrogen-bond donors (Lipinski definition) is 0. The number of ether oxygens (including phenoxy) is 2. The van der Waals surface area contributed by atoms with Crippen molar-refractivity contribution in [3.63, 3.8) is 0 Å². The molecule has 0 unspecified atom stereocenters. The van der Waals surface area contributed by atoms with E-state index in [1.165, 1.54) is 0 Å². The molecule has 1 aliphatic rings. The Bertz CT molecular complexity index is 694. The van der Waals surface area contributed by atoms with Crippen molar-refractivity contribution in [3.8, 4) is 5.75 Å². The van der Waals surface area contributed by atoms with E-state index in [-0.39, 0.29) is 18.2 Å². The quantitative estimate of drug-likeness (QED) is 0.637. The standard InChI is InChI=1S/C16H12N2O3/c19-16-14(9-12-5-4-8-17-10-12)18-15(21-16)11-20-13-6-2-1-3-7-13/h1-10H,11H2/b14-9+. The number of rotatable bonds is 4. The van der Waals surface area contributed by atoms with Crippen molar-refractivity contribution in [3.05, 3.63) is 66.1 Å². The van der Waals surface area contributed by atoms with Gasteiger partial charge in [-0.1, -0.05) is 24.3 Å². The van der Waals surface area contributed by atoms with Gasteiger partial charge in [-0.25, -0.2) is 9.79 Å². The van der Waals surface area contributed by atoms with E-state index in [9.17, 15) is 4.79 Å². The van der Waals surface area contributed by atoms with Gasteiger partial charge < -0.3 is 9.47 Å². The molecule has 0 radical (unpaired) electrons. The third-order valence-corrected chi connectivity index (χ3v) is 2.76. The molecular formula is C16H12N2O3. The third-order valence-electron chi connectivity index (χ3n) is 2.76. The average Bonchev–Trinajstić information content (AvgIpc) is 2.87. The van der Waals surface area contributed by atoms with Crippen LogP contribution in [-0.4, -0.2) is 23.5 Å². The van der Waals surface area contributed by atoms with Crippen molar-refractivity contribution < 1.29 is 14.3 Å². The van der Waals surface area contributed by atoms with E-state index in [4.69, 9.17) is 9.47 Å². The lowest BCUT2D eigenvalue weighted by atomic mass is 10.2. The van der Waals surface area contributed by atoms with Gasteiger partial charge >= 0.3 is 5.97 Å². The summed E-state index contributed by atoms with van der Waals surface area (Å²) in [5, 5.41) is 0. The molecular weight excluding hydrogens is 268 g/mol. The highest BCUT2D eigenvalue weighted by molar-refractivity contribution is 6.07. The Morgan fingerprint density at radius 2 is 2.00 bits per heavy atom. The molecule has 1 aromatic carbocycles. The molecule has 2 aromatic rings. The number of benzene rings is 1.